The number of benzene rings is 1. The van der Waals surface area contributed by atoms with Crippen LogP contribution in [0.4, 0.5) is 4.39 Å². The summed E-state index contributed by atoms with van der Waals surface area (Å²) in [5.41, 5.74) is 2.40. The second kappa shape index (κ2) is 6.37. The Labute approximate surface area is 123 Å². The molecule has 0 fully saturated rings. The summed E-state index contributed by atoms with van der Waals surface area (Å²) in [6, 6.07) is 4.82. The third kappa shape index (κ3) is 3.02. The Morgan fingerprint density at radius 2 is 2.20 bits per heavy atom. The van der Waals surface area contributed by atoms with Crippen LogP contribution in [0.2, 0.25) is 5.02 Å². The average molecular weight is 296 g/mol. The van der Waals surface area contributed by atoms with Gasteiger partial charge in [0.15, 0.2) is 0 Å². The molecule has 1 N–H and O–H groups in total. The van der Waals surface area contributed by atoms with Crippen LogP contribution in [0.5, 0.6) is 0 Å². The zero-order chi connectivity index (χ0) is 14.7. The van der Waals surface area contributed by atoms with Crippen LogP contribution >= 0.6 is 11.6 Å². The van der Waals surface area contributed by atoms with Gasteiger partial charge in [-0.2, -0.15) is 5.10 Å². The molecule has 0 radical (unpaired) electrons. The van der Waals surface area contributed by atoms with Crippen LogP contribution in [0, 0.1) is 12.7 Å². The zero-order valence-electron chi connectivity index (χ0n) is 12.0. The van der Waals surface area contributed by atoms with Gasteiger partial charge < -0.3 is 5.32 Å². The molecule has 108 valence electrons. The molecule has 0 amide bonds. The highest BCUT2D eigenvalue weighted by Gasteiger charge is 2.23. The molecule has 1 aromatic carbocycles. The number of aryl methyl sites for hydroxylation is 2. The summed E-state index contributed by atoms with van der Waals surface area (Å²) in [4.78, 5) is 0. The first-order chi connectivity index (χ1) is 9.54. The fraction of sp³-hybridized carbons (Fsp3) is 0.400. The number of nitrogens with zero attached hydrogens (tertiary/aromatic N) is 2. The second-order valence-electron chi connectivity index (χ2n) is 4.91. The molecule has 0 aliphatic heterocycles. The highest BCUT2D eigenvalue weighted by Crippen LogP contribution is 2.30. The van der Waals surface area contributed by atoms with Crippen molar-refractivity contribution < 1.29 is 4.39 Å². The van der Waals surface area contributed by atoms with E-state index in [0.717, 1.165) is 24.2 Å². The molecule has 0 aliphatic carbocycles. The lowest BCUT2D eigenvalue weighted by Crippen LogP contribution is -2.26. The van der Waals surface area contributed by atoms with E-state index in [4.69, 9.17) is 11.6 Å². The van der Waals surface area contributed by atoms with Crippen LogP contribution in [-0.2, 0) is 7.05 Å². The van der Waals surface area contributed by atoms with Gasteiger partial charge in [-0.05, 0) is 26.0 Å². The molecule has 0 saturated heterocycles. The summed E-state index contributed by atoms with van der Waals surface area (Å²) in [7, 11) is 1.82. The molecule has 0 spiro atoms. The topological polar surface area (TPSA) is 29.9 Å². The van der Waals surface area contributed by atoms with Crippen molar-refractivity contribution in [2.24, 2.45) is 7.05 Å². The van der Waals surface area contributed by atoms with E-state index in [2.05, 4.69) is 17.3 Å². The summed E-state index contributed by atoms with van der Waals surface area (Å²) >= 11 is 6.21. The van der Waals surface area contributed by atoms with Gasteiger partial charge in [0, 0.05) is 12.6 Å². The van der Waals surface area contributed by atoms with Crippen molar-refractivity contribution in [2.75, 3.05) is 6.54 Å². The SMILES string of the molecule is CCCNC(c1cc(C)ccc1F)c1c(Cl)cnn1C. The van der Waals surface area contributed by atoms with Gasteiger partial charge in [0.1, 0.15) is 5.82 Å². The van der Waals surface area contributed by atoms with Crippen LogP contribution < -0.4 is 5.32 Å². The lowest BCUT2D eigenvalue weighted by Gasteiger charge is -2.21. The molecule has 3 nitrogen and oxygen atoms in total. The van der Waals surface area contributed by atoms with Crippen molar-refractivity contribution in [3.05, 3.63) is 52.1 Å². The van der Waals surface area contributed by atoms with Crippen LogP contribution in [0.1, 0.15) is 36.2 Å². The van der Waals surface area contributed by atoms with Gasteiger partial charge >= 0.3 is 0 Å². The molecule has 1 heterocycles. The van der Waals surface area contributed by atoms with E-state index in [0.29, 0.717) is 10.6 Å². The summed E-state index contributed by atoms with van der Waals surface area (Å²) < 4.78 is 15.9. The normalized spacial score (nSPS) is 12.7. The predicted octanol–water partition coefficient (Wildman–Crippen LogP) is 3.61. The first kappa shape index (κ1) is 15.0. The molecule has 0 bridgehead atoms. The van der Waals surface area contributed by atoms with E-state index in [9.17, 15) is 4.39 Å². The maximum absolute atomic E-state index is 14.2. The molecule has 2 aromatic rings. The van der Waals surface area contributed by atoms with E-state index >= 15 is 0 Å². The van der Waals surface area contributed by atoms with Crippen molar-refractivity contribution in [1.82, 2.24) is 15.1 Å². The minimum Gasteiger partial charge on any atom is -0.305 e. The van der Waals surface area contributed by atoms with Crippen molar-refractivity contribution in [1.29, 1.82) is 0 Å². The number of nitrogens with one attached hydrogen (secondary N) is 1. The highest BCUT2D eigenvalue weighted by molar-refractivity contribution is 6.31. The number of hydrogen-bond donors (Lipinski definition) is 1. The highest BCUT2D eigenvalue weighted by atomic mass is 35.5. The van der Waals surface area contributed by atoms with Gasteiger partial charge in [0.25, 0.3) is 0 Å². The molecular formula is C15H19ClFN3. The minimum absolute atomic E-state index is 0.235. The van der Waals surface area contributed by atoms with Crippen molar-refractivity contribution >= 4 is 11.6 Å². The van der Waals surface area contributed by atoms with E-state index in [-0.39, 0.29) is 11.9 Å². The van der Waals surface area contributed by atoms with Gasteiger partial charge in [-0.15, -0.1) is 0 Å². The van der Waals surface area contributed by atoms with Crippen molar-refractivity contribution in [2.45, 2.75) is 26.3 Å². The standard InChI is InChI=1S/C15H19ClFN3/c1-4-7-18-14(15-12(16)9-19-20(15)3)11-8-10(2)5-6-13(11)17/h5-6,8-9,14,18H,4,7H2,1-3H3. The smallest absolute Gasteiger partial charge is 0.128 e. The van der Waals surface area contributed by atoms with Crippen molar-refractivity contribution in [3.63, 3.8) is 0 Å². The first-order valence-corrected chi connectivity index (χ1v) is 7.09. The largest absolute Gasteiger partial charge is 0.305 e. The lowest BCUT2D eigenvalue weighted by atomic mass is 10.0. The van der Waals surface area contributed by atoms with Gasteiger partial charge in [0.05, 0.1) is 23.0 Å². The Hall–Kier alpha value is -1.39. The lowest BCUT2D eigenvalue weighted by molar-refractivity contribution is 0.520. The summed E-state index contributed by atoms with van der Waals surface area (Å²) in [6.45, 7) is 4.80. The fourth-order valence-electron chi connectivity index (χ4n) is 2.27. The molecule has 2 rings (SSSR count). The number of halogens is 2. The second-order valence-corrected chi connectivity index (χ2v) is 5.32. The van der Waals surface area contributed by atoms with Gasteiger partial charge in [-0.3, -0.25) is 4.68 Å². The zero-order valence-corrected chi connectivity index (χ0v) is 12.7. The van der Waals surface area contributed by atoms with E-state index in [1.54, 1.807) is 16.9 Å². The fourth-order valence-corrected chi connectivity index (χ4v) is 2.55. The molecule has 0 aliphatic rings. The Balaban J connectivity index is 2.50. The van der Waals surface area contributed by atoms with Crippen molar-refractivity contribution in [3.8, 4) is 0 Å². The van der Waals surface area contributed by atoms with E-state index in [1.807, 2.05) is 20.0 Å². The van der Waals surface area contributed by atoms with E-state index < -0.39 is 0 Å². The third-order valence-corrected chi connectivity index (χ3v) is 3.56. The summed E-state index contributed by atoms with van der Waals surface area (Å²) in [5, 5.41) is 8.04. The maximum Gasteiger partial charge on any atom is 0.128 e. The monoisotopic (exact) mass is 295 g/mol. The van der Waals surface area contributed by atoms with Gasteiger partial charge in [0.2, 0.25) is 0 Å². The Bertz CT molecular complexity index is 575. The third-order valence-electron chi connectivity index (χ3n) is 3.27. The van der Waals surface area contributed by atoms with Crippen LogP contribution in [0.15, 0.2) is 24.4 Å². The first-order valence-electron chi connectivity index (χ1n) is 6.71. The minimum atomic E-state index is -0.296. The number of hydrogen-bond acceptors (Lipinski definition) is 2. The maximum atomic E-state index is 14.2. The number of rotatable bonds is 5. The van der Waals surface area contributed by atoms with Gasteiger partial charge in [-0.25, -0.2) is 4.39 Å². The Morgan fingerprint density at radius 3 is 2.80 bits per heavy atom. The quantitative estimate of drug-likeness (QED) is 0.913. The molecular weight excluding hydrogens is 277 g/mol. The number of aromatic nitrogens is 2. The van der Waals surface area contributed by atoms with Crippen LogP contribution in [0.25, 0.3) is 0 Å². The molecule has 0 saturated carbocycles. The summed E-state index contributed by atoms with van der Waals surface area (Å²) in [6.07, 6.45) is 2.55. The van der Waals surface area contributed by atoms with Gasteiger partial charge in [-0.1, -0.05) is 36.2 Å². The predicted molar refractivity (Wildman–Crippen MR) is 79.5 cm³/mol. The van der Waals surface area contributed by atoms with Crippen LogP contribution in [0.3, 0.4) is 0 Å². The van der Waals surface area contributed by atoms with E-state index in [1.165, 1.54) is 6.07 Å². The molecule has 1 atom stereocenters. The molecule has 1 aromatic heterocycles. The average Bonchev–Trinajstić information content (AvgIpc) is 2.74. The Kier molecular flexibility index (Phi) is 4.78. The molecule has 20 heavy (non-hydrogen) atoms. The summed E-state index contributed by atoms with van der Waals surface area (Å²) in [5.74, 6) is -0.235. The molecule has 5 heteroatoms. The Morgan fingerprint density at radius 1 is 1.45 bits per heavy atom. The molecule has 1 unspecified atom stereocenters. The van der Waals surface area contributed by atoms with Crippen LogP contribution in [-0.4, -0.2) is 16.3 Å².